The van der Waals surface area contributed by atoms with Gasteiger partial charge in [-0.15, -0.1) is 0 Å². The van der Waals surface area contributed by atoms with E-state index in [1.54, 1.807) is 0 Å². The second-order valence-corrected chi connectivity index (χ2v) is 2.48. The van der Waals surface area contributed by atoms with Crippen LogP contribution in [0.4, 0.5) is 0 Å². The quantitative estimate of drug-likeness (QED) is 0.306. The fourth-order valence-electron chi connectivity index (χ4n) is 0.691. The molecule has 0 rings (SSSR count). The van der Waals surface area contributed by atoms with Crippen LogP contribution < -0.4 is 5.73 Å². The van der Waals surface area contributed by atoms with Crippen LogP contribution in [-0.4, -0.2) is 51.3 Å². The van der Waals surface area contributed by atoms with Crippen molar-refractivity contribution in [2.24, 2.45) is 5.73 Å². The Morgan fingerprint density at radius 3 is 2.08 bits per heavy atom. The molecule has 1 amide bonds. The van der Waals surface area contributed by atoms with Crippen molar-refractivity contribution in [1.82, 2.24) is 0 Å². The van der Waals surface area contributed by atoms with Gasteiger partial charge in [-0.25, -0.2) is 0 Å². The minimum Gasteiger partial charge on any atom is -0.394 e. The third-order valence-electron chi connectivity index (χ3n) is 1.39. The van der Waals surface area contributed by atoms with E-state index in [1.807, 2.05) is 0 Å². The number of hydrogen-bond donors (Lipinski definition) is 5. The van der Waals surface area contributed by atoms with Gasteiger partial charge in [-0.05, 0) is 0 Å². The van der Waals surface area contributed by atoms with Gasteiger partial charge in [-0.2, -0.15) is 0 Å². The Labute approximate surface area is 69.2 Å². The Morgan fingerprint density at radius 2 is 1.75 bits per heavy atom. The molecule has 12 heavy (non-hydrogen) atoms. The molecule has 0 radical (unpaired) electrons. The van der Waals surface area contributed by atoms with Crippen molar-refractivity contribution in [3.05, 3.63) is 0 Å². The standard InChI is InChI=1S/C6H13NO5/c7-5(11)1-3(9)6(12)4(10)2-8/h3-4,6,8-10,12H,1-2H2,(H2,7,11). The van der Waals surface area contributed by atoms with Crippen molar-refractivity contribution in [2.75, 3.05) is 6.61 Å². The molecule has 0 aromatic heterocycles. The van der Waals surface area contributed by atoms with E-state index >= 15 is 0 Å². The minimum atomic E-state index is -1.55. The van der Waals surface area contributed by atoms with Gasteiger partial charge in [-0.1, -0.05) is 0 Å². The lowest BCUT2D eigenvalue weighted by Crippen LogP contribution is -2.41. The van der Waals surface area contributed by atoms with E-state index in [2.05, 4.69) is 0 Å². The maximum Gasteiger partial charge on any atom is 0.220 e. The third-order valence-corrected chi connectivity index (χ3v) is 1.39. The number of rotatable bonds is 5. The van der Waals surface area contributed by atoms with E-state index in [1.165, 1.54) is 0 Å². The zero-order valence-corrected chi connectivity index (χ0v) is 6.42. The summed E-state index contributed by atoms with van der Waals surface area (Å²) in [6.45, 7) is -0.684. The Hall–Kier alpha value is -0.690. The van der Waals surface area contributed by atoms with E-state index in [0.717, 1.165) is 0 Å². The Kier molecular flexibility index (Phi) is 4.75. The smallest absolute Gasteiger partial charge is 0.220 e. The molecule has 6 nitrogen and oxygen atoms in total. The molecule has 0 aromatic carbocycles. The molecule has 3 unspecified atom stereocenters. The van der Waals surface area contributed by atoms with Gasteiger partial charge in [0.1, 0.15) is 12.2 Å². The first kappa shape index (κ1) is 11.3. The second-order valence-electron chi connectivity index (χ2n) is 2.48. The Balaban J connectivity index is 3.91. The van der Waals surface area contributed by atoms with E-state index in [4.69, 9.17) is 26.2 Å². The van der Waals surface area contributed by atoms with Crippen molar-refractivity contribution in [1.29, 1.82) is 0 Å². The molecule has 0 aliphatic heterocycles. The van der Waals surface area contributed by atoms with Gasteiger partial charge in [0.25, 0.3) is 0 Å². The molecule has 0 fully saturated rings. The van der Waals surface area contributed by atoms with Gasteiger partial charge in [-0.3, -0.25) is 4.79 Å². The zero-order chi connectivity index (χ0) is 9.72. The lowest BCUT2D eigenvalue weighted by molar-refractivity contribution is -0.125. The maximum absolute atomic E-state index is 10.2. The second kappa shape index (κ2) is 5.04. The highest BCUT2D eigenvalue weighted by Gasteiger charge is 2.24. The van der Waals surface area contributed by atoms with Gasteiger partial charge in [0.15, 0.2) is 0 Å². The lowest BCUT2D eigenvalue weighted by atomic mass is 10.1. The van der Waals surface area contributed by atoms with Crippen LogP contribution in [0.2, 0.25) is 0 Å². The summed E-state index contributed by atoms with van der Waals surface area (Å²) in [5.74, 6) is -0.785. The van der Waals surface area contributed by atoms with Gasteiger partial charge in [0, 0.05) is 0 Å². The Morgan fingerprint density at radius 1 is 1.25 bits per heavy atom. The molecular formula is C6H13NO5. The monoisotopic (exact) mass is 179 g/mol. The normalized spacial score (nSPS) is 18.3. The predicted molar refractivity (Wildman–Crippen MR) is 38.9 cm³/mol. The highest BCUT2D eigenvalue weighted by atomic mass is 16.4. The number of amides is 1. The summed E-state index contributed by atoms with van der Waals surface area (Å²) in [5.41, 5.74) is 4.72. The summed E-state index contributed by atoms with van der Waals surface area (Å²) < 4.78 is 0. The van der Waals surface area contributed by atoms with Crippen molar-refractivity contribution >= 4 is 5.91 Å². The average molecular weight is 179 g/mol. The molecule has 0 saturated heterocycles. The first-order valence-electron chi connectivity index (χ1n) is 3.42. The number of hydrogen-bond acceptors (Lipinski definition) is 5. The fourth-order valence-corrected chi connectivity index (χ4v) is 0.691. The number of aliphatic hydroxyl groups excluding tert-OH is 4. The van der Waals surface area contributed by atoms with Crippen molar-refractivity contribution in [3.8, 4) is 0 Å². The largest absolute Gasteiger partial charge is 0.394 e. The minimum absolute atomic E-state index is 0.446. The average Bonchev–Trinajstić information content (AvgIpc) is 2.00. The van der Waals surface area contributed by atoms with Crippen LogP contribution in [0.15, 0.2) is 0 Å². The molecular weight excluding hydrogens is 166 g/mol. The lowest BCUT2D eigenvalue weighted by Gasteiger charge is -2.19. The predicted octanol–water partition coefficient (Wildman–Crippen LogP) is -3.06. The van der Waals surface area contributed by atoms with E-state index < -0.39 is 37.2 Å². The molecule has 0 aliphatic rings. The molecule has 0 aromatic rings. The maximum atomic E-state index is 10.2. The van der Waals surface area contributed by atoms with Crippen LogP contribution in [-0.2, 0) is 4.79 Å². The number of nitrogens with two attached hydrogens (primary N) is 1. The number of carbonyl (C=O) groups is 1. The highest BCUT2D eigenvalue weighted by molar-refractivity contribution is 5.74. The number of aliphatic hydroxyl groups is 4. The SMILES string of the molecule is NC(=O)CC(O)C(O)C(O)CO. The molecule has 0 heterocycles. The summed E-state index contributed by atoms with van der Waals surface area (Å²) in [4.78, 5) is 10.2. The van der Waals surface area contributed by atoms with Gasteiger partial charge < -0.3 is 26.2 Å². The van der Waals surface area contributed by atoms with Gasteiger partial charge in [0.2, 0.25) is 5.91 Å². The molecule has 3 atom stereocenters. The molecule has 72 valence electrons. The highest BCUT2D eigenvalue weighted by Crippen LogP contribution is 2.02. The van der Waals surface area contributed by atoms with Crippen LogP contribution >= 0.6 is 0 Å². The summed E-state index contributed by atoms with van der Waals surface area (Å²) in [5, 5.41) is 35.1. The molecule has 0 saturated carbocycles. The molecule has 0 spiro atoms. The van der Waals surface area contributed by atoms with Crippen LogP contribution in [0, 0.1) is 0 Å². The zero-order valence-electron chi connectivity index (χ0n) is 6.42. The van der Waals surface area contributed by atoms with Crippen molar-refractivity contribution in [3.63, 3.8) is 0 Å². The van der Waals surface area contributed by atoms with Gasteiger partial charge in [0.05, 0.1) is 19.1 Å². The van der Waals surface area contributed by atoms with Crippen molar-refractivity contribution < 1.29 is 25.2 Å². The van der Waals surface area contributed by atoms with E-state index in [0.29, 0.717) is 0 Å². The van der Waals surface area contributed by atoms with Crippen LogP contribution in [0.3, 0.4) is 0 Å². The van der Waals surface area contributed by atoms with Crippen molar-refractivity contribution in [2.45, 2.75) is 24.7 Å². The van der Waals surface area contributed by atoms with Crippen LogP contribution in [0.5, 0.6) is 0 Å². The number of carbonyl (C=O) groups excluding carboxylic acids is 1. The van der Waals surface area contributed by atoms with E-state index in [9.17, 15) is 4.79 Å². The van der Waals surface area contributed by atoms with E-state index in [-0.39, 0.29) is 0 Å². The summed E-state index contributed by atoms with van der Waals surface area (Å²) in [6.07, 6.45) is -4.90. The first-order chi connectivity index (χ1) is 5.49. The summed E-state index contributed by atoms with van der Waals surface area (Å²) in [6, 6.07) is 0. The molecule has 0 aliphatic carbocycles. The van der Waals surface area contributed by atoms with Gasteiger partial charge >= 0.3 is 0 Å². The topological polar surface area (TPSA) is 124 Å². The Bertz CT molecular complexity index is 151. The first-order valence-corrected chi connectivity index (χ1v) is 3.42. The fraction of sp³-hybridized carbons (Fsp3) is 0.833. The molecule has 6 N–H and O–H groups in total. The molecule has 6 heteroatoms. The molecule has 0 bridgehead atoms. The number of primary amides is 1. The van der Waals surface area contributed by atoms with Crippen LogP contribution in [0.1, 0.15) is 6.42 Å². The summed E-state index contributed by atoms with van der Waals surface area (Å²) in [7, 11) is 0. The third kappa shape index (κ3) is 3.63. The summed E-state index contributed by atoms with van der Waals surface area (Å²) >= 11 is 0. The van der Waals surface area contributed by atoms with Crippen LogP contribution in [0.25, 0.3) is 0 Å².